The second-order valence-electron chi connectivity index (χ2n) is 8.83. The summed E-state index contributed by atoms with van der Waals surface area (Å²) in [6.45, 7) is 8.84. The molecule has 2 aromatic heterocycles. The van der Waals surface area contributed by atoms with Crippen molar-refractivity contribution < 1.29 is 5.11 Å². The number of hydrogen-bond donors (Lipinski definition) is 3. The lowest BCUT2D eigenvalue weighted by Gasteiger charge is -2.46. The van der Waals surface area contributed by atoms with Gasteiger partial charge >= 0.3 is 0 Å². The molecule has 152 valence electrons. The molecule has 29 heavy (non-hydrogen) atoms. The summed E-state index contributed by atoms with van der Waals surface area (Å²) in [4.78, 5) is 5.82. The Bertz CT molecular complexity index is 966. The quantitative estimate of drug-likeness (QED) is 0.619. The molecule has 0 saturated carbocycles. The van der Waals surface area contributed by atoms with E-state index in [1.165, 1.54) is 4.80 Å². The van der Waals surface area contributed by atoms with Crippen molar-refractivity contribution in [1.82, 2.24) is 35.5 Å². The molecule has 0 bridgehead atoms. The first-order valence-corrected chi connectivity index (χ1v) is 9.66. The summed E-state index contributed by atoms with van der Waals surface area (Å²) in [5, 5.41) is 34.1. The first-order chi connectivity index (χ1) is 13.7. The molecule has 0 atom stereocenters. The molecule has 1 saturated heterocycles. The van der Waals surface area contributed by atoms with Crippen LogP contribution in [-0.4, -0.2) is 52.4 Å². The van der Waals surface area contributed by atoms with Gasteiger partial charge in [-0.05, 0) is 52.7 Å². The number of piperidine rings is 1. The van der Waals surface area contributed by atoms with E-state index in [1.54, 1.807) is 36.8 Å². The third-order valence-corrected chi connectivity index (χ3v) is 4.98. The van der Waals surface area contributed by atoms with Crippen LogP contribution in [0, 0.1) is 0 Å². The van der Waals surface area contributed by atoms with Gasteiger partial charge in [0.2, 0.25) is 0 Å². The van der Waals surface area contributed by atoms with E-state index < -0.39 is 0 Å². The Kier molecular flexibility index (Phi) is 4.70. The maximum Gasteiger partial charge on any atom is 0.185 e. The zero-order valence-corrected chi connectivity index (χ0v) is 17.1. The standard InChI is InChI=1S/C20H26N8O/c1-19(2)10-13(11-20(3,4)27-19)24-17-12-21-18(26-25-17)15-6-5-14(9-16(15)29)28-22-7-8-23-28/h5-9,12-13,27,29H,10-11H2,1-4H3,(H,24,25). The Labute approximate surface area is 169 Å². The van der Waals surface area contributed by atoms with Crippen molar-refractivity contribution in [1.29, 1.82) is 0 Å². The number of benzene rings is 1. The zero-order chi connectivity index (χ0) is 20.6. The van der Waals surface area contributed by atoms with Crippen LogP contribution in [0.15, 0.2) is 36.8 Å². The van der Waals surface area contributed by atoms with Gasteiger partial charge in [0, 0.05) is 23.2 Å². The van der Waals surface area contributed by atoms with Crippen LogP contribution < -0.4 is 10.6 Å². The SMILES string of the molecule is CC1(C)CC(Nc2cnc(-c3ccc(-n4nccn4)cc3O)nn2)CC(C)(C)N1. The summed E-state index contributed by atoms with van der Waals surface area (Å²) in [5.74, 6) is 1.03. The summed E-state index contributed by atoms with van der Waals surface area (Å²) in [6, 6.07) is 5.38. The Balaban J connectivity index is 1.50. The van der Waals surface area contributed by atoms with Crippen LogP contribution in [0.1, 0.15) is 40.5 Å². The molecule has 0 spiro atoms. The van der Waals surface area contributed by atoms with Crippen molar-refractivity contribution in [3.63, 3.8) is 0 Å². The molecule has 3 N–H and O–H groups in total. The van der Waals surface area contributed by atoms with E-state index in [4.69, 9.17) is 0 Å². The highest BCUT2D eigenvalue weighted by molar-refractivity contribution is 5.65. The van der Waals surface area contributed by atoms with Gasteiger partial charge in [-0.15, -0.1) is 10.2 Å². The van der Waals surface area contributed by atoms with E-state index in [1.807, 2.05) is 0 Å². The van der Waals surface area contributed by atoms with Crippen molar-refractivity contribution in [2.24, 2.45) is 0 Å². The molecule has 1 aliphatic rings. The lowest BCUT2D eigenvalue weighted by molar-refractivity contribution is 0.170. The summed E-state index contributed by atoms with van der Waals surface area (Å²) in [7, 11) is 0. The predicted molar refractivity (Wildman–Crippen MR) is 110 cm³/mol. The lowest BCUT2D eigenvalue weighted by Crippen LogP contribution is -2.60. The predicted octanol–water partition coefficient (Wildman–Crippen LogP) is 2.55. The van der Waals surface area contributed by atoms with E-state index >= 15 is 0 Å². The fourth-order valence-electron chi connectivity index (χ4n) is 4.28. The van der Waals surface area contributed by atoms with Crippen LogP contribution in [0.25, 0.3) is 17.1 Å². The van der Waals surface area contributed by atoms with Crippen molar-refractivity contribution in [2.75, 3.05) is 5.32 Å². The van der Waals surface area contributed by atoms with Crippen LogP contribution in [0.3, 0.4) is 0 Å². The van der Waals surface area contributed by atoms with Crippen molar-refractivity contribution in [3.8, 4) is 22.8 Å². The molecule has 1 fully saturated rings. The minimum Gasteiger partial charge on any atom is -0.507 e. The van der Waals surface area contributed by atoms with Gasteiger partial charge in [0.1, 0.15) is 5.75 Å². The van der Waals surface area contributed by atoms with Crippen LogP contribution in [0.2, 0.25) is 0 Å². The highest BCUT2D eigenvalue weighted by Crippen LogP contribution is 2.31. The average molecular weight is 394 g/mol. The van der Waals surface area contributed by atoms with E-state index in [0.717, 1.165) is 12.8 Å². The third-order valence-electron chi connectivity index (χ3n) is 4.98. The first kappa shape index (κ1) is 19.3. The summed E-state index contributed by atoms with van der Waals surface area (Å²) in [6.07, 6.45) is 6.77. The van der Waals surface area contributed by atoms with Crippen LogP contribution >= 0.6 is 0 Å². The Morgan fingerprint density at radius 1 is 1.07 bits per heavy atom. The molecule has 9 heteroatoms. The van der Waals surface area contributed by atoms with Gasteiger partial charge in [-0.3, -0.25) is 0 Å². The van der Waals surface area contributed by atoms with Gasteiger partial charge in [0.05, 0.1) is 29.8 Å². The van der Waals surface area contributed by atoms with E-state index in [0.29, 0.717) is 22.9 Å². The Hall–Kier alpha value is -3.07. The highest BCUT2D eigenvalue weighted by Gasteiger charge is 2.37. The second-order valence-corrected chi connectivity index (χ2v) is 8.83. The van der Waals surface area contributed by atoms with Crippen molar-refractivity contribution in [2.45, 2.75) is 57.7 Å². The number of aromatic hydroxyl groups is 1. The monoisotopic (exact) mass is 394 g/mol. The summed E-state index contributed by atoms with van der Waals surface area (Å²) >= 11 is 0. The van der Waals surface area contributed by atoms with E-state index in [-0.39, 0.29) is 22.9 Å². The topological polar surface area (TPSA) is 114 Å². The molecule has 1 aromatic carbocycles. The van der Waals surface area contributed by atoms with Crippen LogP contribution in [0.4, 0.5) is 5.82 Å². The molecule has 9 nitrogen and oxygen atoms in total. The second kappa shape index (κ2) is 7.07. The van der Waals surface area contributed by atoms with Gasteiger partial charge in [-0.25, -0.2) is 4.98 Å². The van der Waals surface area contributed by atoms with Crippen LogP contribution in [0.5, 0.6) is 5.75 Å². The largest absolute Gasteiger partial charge is 0.507 e. The number of anilines is 1. The van der Waals surface area contributed by atoms with Gasteiger partial charge in [0.15, 0.2) is 11.6 Å². The summed E-state index contributed by atoms with van der Waals surface area (Å²) < 4.78 is 0. The molecule has 0 aliphatic carbocycles. The highest BCUT2D eigenvalue weighted by atomic mass is 16.3. The van der Waals surface area contributed by atoms with Gasteiger partial charge in [-0.2, -0.15) is 15.0 Å². The molecule has 3 aromatic rings. The Morgan fingerprint density at radius 2 is 1.76 bits per heavy atom. The normalized spacial score (nSPS) is 18.5. The number of nitrogens with one attached hydrogen (secondary N) is 2. The van der Waals surface area contributed by atoms with Crippen molar-refractivity contribution >= 4 is 5.82 Å². The number of phenols is 1. The van der Waals surface area contributed by atoms with Crippen molar-refractivity contribution in [3.05, 3.63) is 36.8 Å². The average Bonchev–Trinajstić information content (AvgIpc) is 3.14. The number of aromatic nitrogens is 6. The maximum absolute atomic E-state index is 10.4. The molecule has 0 unspecified atom stereocenters. The Morgan fingerprint density at radius 3 is 2.34 bits per heavy atom. The molecule has 0 radical (unpaired) electrons. The zero-order valence-electron chi connectivity index (χ0n) is 17.1. The molecular formula is C20H26N8O. The molecule has 1 aliphatic heterocycles. The van der Waals surface area contributed by atoms with Crippen LogP contribution in [-0.2, 0) is 0 Å². The minimum atomic E-state index is 0.0389. The maximum atomic E-state index is 10.4. The fraction of sp³-hybridized carbons (Fsp3) is 0.450. The number of nitrogens with zero attached hydrogens (tertiary/aromatic N) is 6. The number of hydrogen-bond acceptors (Lipinski definition) is 8. The summed E-state index contributed by atoms with van der Waals surface area (Å²) in [5.41, 5.74) is 1.23. The number of rotatable bonds is 4. The first-order valence-electron chi connectivity index (χ1n) is 9.66. The number of phenolic OH excluding ortho intramolecular Hbond substituents is 1. The fourth-order valence-corrected chi connectivity index (χ4v) is 4.28. The van der Waals surface area contributed by atoms with E-state index in [2.05, 4.69) is 63.7 Å². The van der Waals surface area contributed by atoms with E-state index in [9.17, 15) is 5.11 Å². The van der Waals surface area contributed by atoms with Gasteiger partial charge < -0.3 is 15.7 Å². The van der Waals surface area contributed by atoms with Gasteiger partial charge in [0.25, 0.3) is 0 Å². The third kappa shape index (κ3) is 4.34. The molecule has 3 heterocycles. The molecular weight excluding hydrogens is 368 g/mol. The molecule has 4 rings (SSSR count). The lowest BCUT2D eigenvalue weighted by atomic mass is 9.79. The minimum absolute atomic E-state index is 0.0389. The smallest absolute Gasteiger partial charge is 0.185 e. The molecule has 0 amide bonds. The van der Waals surface area contributed by atoms with Gasteiger partial charge in [-0.1, -0.05) is 0 Å².